The maximum Gasteiger partial charge on any atom is 0.144 e. The van der Waals surface area contributed by atoms with Gasteiger partial charge in [0.15, 0.2) is 0 Å². The van der Waals surface area contributed by atoms with Gasteiger partial charge in [0, 0.05) is 59.0 Å². The Hall–Kier alpha value is -3.72. The zero-order valence-electron chi connectivity index (χ0n) is 20.4. The molecule has 0 aliphatic heterocycles. The van der Waals surface area contributed by atoms with E-state index in [0.717, 1.165) is 85.5 Å². The Morgan fingerprint density at radius 1 is 0.784 bits per heavy atom. The Balaban J connectivity index is 0.00000252. The molecule has 183 valence electrons. The van der Waals surface area contributed by atoms with Crippen molar-refractivity contribution in [2.24, 2.45) is 0 Å². The van der Waals surface area contributed by atoms with Crippen molar-refractivity contribution in [2.45, 2.75) is 26.2 Å². The molecule has 0 aliphatic rings. The van der Waals surface area contributed by atoms with Gasteiger partial charge in [0.1, 0.15) is 22.3 Å². The van der Waals surface area contributed by atoms with Crippen molar-refractivity contribution in [3.05, 3.63) is 103 Å². The molecule has 0 fully saturated rings. The molecule has 0 spiro atoms. The van der Waals surface area contributed by atoms with Crippen LogP contribution in [-0.2, 0) is 26.5 Å². The normalized spacial score (nSPS) is 11.5. The summed E-state index contributed by atoms with van der Waals surface area (Å²) < 4.78 is 13.3. The molecule has 7 aromatic rings. The van der Waals surface area contributed by atoms with Gasteiger partial charge in [0.2, 0.25) is 0 Å². The Labute approximate surface area is 228 Å². The van der Waals surface area contributed by atoms with Crippen LogP contribution in [0.1, 0.15) is 25.3 Å². The number of hydrogen-bond acceptors (Lipinski definition) is 3. The number of furan rings is 2. The van der Waals surface area contributed by atoms with Gasteiger partial charge in [-0.25, -0.2) is 0 Å². The Bertz CT molecular complexity index is 1880. The summed E-state index contributed by atoms with van der Waals surface area (Å²) in [6, 6.07) is 32.1. The number of unbranched alkanes of at least 4 members (excludes halogenated alkanes) is 1. The van der Waals surface area contributed by atoms with Crippen molar-refractivity contribution >= 4 is 43.9 Å². The fourth-order valence-corrected chi connectivity index (χ4v) is 5.41. The molecule has 7 rings (SSSR count). The van der Waals surface area contributed by atoms with Gasteiger partial charge >= 0.3 is 0 Å². The molecule has 0 amide bonds. The van der Waals surface area contributed by atoms with Crippen LogP contribution in [0.25, 0.3) is 66.3 Å². The Morgan fingerprint density at radius 3 is 2.22 bits per heavy atom. The molecule has 3 nitrogen and oxygen atoms in total. The van der Waals surface area contributed by atoms with E-state index in [9.17, 15) is 0 Å². The van der Waals surface area contributed by atoms with Crippen LogP contribution in [0, 0.1) is 6.07 Å². The predicted octanol–water partition coefficient (Wildman–Crippen LogP) is 9.35. The number of rotatable bonds is 5. The van der Waals surface area contributed by atoms with Crippen LogP contribution in [0.15, 0.2) is 100.0 Å². The summed E-state index contributed by atoms with van der Waals surface area (Å²) in [5.74, 6) is 0. The third-order valence-electron chi connectivity index (χ3n) is 7.06. The average molecular weight is 659 g/mol. The average Bonchev–Trinajstić information content (AvgIpc) is 3.51. The fraction of sp³-hybridized carbons (Fsp3) is 0.121. The number of nitrogens with zero attached hydrogens (tertiary/aromatic N) is 1. The zero-order valence-corrected chi connectivity index (χ0v) is 22.8. The number of hydrogen-bond donors (Lipinski definition) is 0. The number of aromatic nitrogens is 1. The molecule has 4 aromatic carbocycles. The molecule has 0 aliphatic carbocycles. The van der Waals surface area contributed by atoms with E-state index in [2.05, 4.69) is 66.5 Å². The Kier molecular flexibility index (Phi) is 6.16. The van der Waals surface area contributed by atoms with Crippen molar-refractivity contribution in [3.63, 3.8) is 0 Å². The van der Waals surface area contributed by atoms with E-state index in [1.807, 2.05) is 42.6 Å². The minimum absolute atomic E-state index is 0. The minimum Gasteiger partial charge on any atom is -0.456 e. The maximum atomic E-state index is 6.66. The van der Waals surface area contributed by atoms with Gasteiger partial charge in [-0.3, -0.25) is 0 Å². The summed E-state index contributed by atoms with van der Waals surface area (Å²) in [6.45, 7) is 2.23. The number of fused-ring (bicyclic) bond motifs is 6. The van der Waals surface area contributed by atoms with Crippen molar-refractivity contribution in [2.75, 3.05) is 0 Å². The second-order valence-electron chi connectivity index (χ2n) is 9.27. The topological polar surface area (TPSA) is 39.2 Å². The van der Waals surface area contributed by atoms with E-state index in [-0.39, 0.29) is 20.1 Å². The van der Waals surface area contributed by atoms with Crippen LogP contribution in [0.3, 0.4) is 0 Å². The van der Waals surface area contributed by atoms with Crippen LogP contribution in [0.4, 0.5) is 0 Å². The van der Waals surface area contributed by atoms with Crippen molar-refractivity contribution < 1.29 is 28.9 Å². The molecule has 3 aromatic heterocycles. The summed E-state index contributed by atoms with van der Waals surface area (Å²) in [4.78, 5) is 4.66. The molecule has 1 radical (unpaired) electrons. The van der Waals surface area contributed by atoms with Crippen LogP contribution in [-0.4, -0.2) is 4.98 Å². The predicted molar refractivity (Wildman–Crippen MR) is 147 cm³/mol. The van der Waals surface area contributed by atoms with Crippen LogP contribution in [0.5, 0.6) is 0 Å². The van der Waals surface area contributed by atoms with Crippen LogP contribution in [0.2, 0.25) is 0 Å². The molecular formula is C33H24IrNO2-. The second kappa shape index (κ2) is 9.63. The van der Waals surface area contributed by atoms with E-state index >= 15 is 0 Å². The SMILES string of the molecule is CCCCc1c2oc3ccccc3c2c(-c2ccnc(-c3[c-]cccc3)c2)c2oc3ccccc3c12.[Ir]. The molecule has 4 heteroatoms. The third-order valence-corrected chi connectivity index (χ3v) is 7.06. The smallest absolute Gasteiger partial charge is 0.144 e. The third kappa shape index (κ3) is 3.80. The van der Waals surface area contributed by atoms with E-state index in [1.54, 1.807) is 0 Å². The quantitative estimate of drug-likeness (QED) is 0.173. The number of benzene rings is 4. The van der Waals surface area contributed by atoms with E-state index in [0.29, 0.717) is 0 Å². The molecule has 0 atom stereocenters. The van der Waals surface area contributed by atoms with Crippen LogP contribution < -0.4 is 0 Å². The van der Waals surface area contributed by atoms with Crippen molar-refractivity contribution in [1.29, 1.82) is 0 Å². The van der Waals surface area contributed by atoms with Crippen molar-refractivity contribution in [1.82, 2.24) is 4.98 Å². The van der Waals surface area contributed by atoms with Gasteiger partial charge in [-0.2, -0.15) is 0 Å². The van der Waals surface area contributed by atoms with Gasteiger partial charge in [0.05, 0.1) is 0 Å². The number of pyridine rings is 1. The molecule has 0 unspecified atom stereocenters. The molecule has 0 saturated carbocycles. The summed E-state index contributed by atoms with van der Waals surface area (Å²) in [5, 5.41) is 4.50. The molecule has 0 bridgehead atoms. The fourth-order valence-electron chi connectivity index (χ4n) is 5.41. The molecule has 0 saturated heterocycles. The van der Waals surface area contributed by atoms with E-state index < -0.39 is 0 Å². The summed E-state index contributed by atoms with van der Waals surface area (Å²) >= 11 is 0. The first-order valence-corrected chi connectivity index (χ1v) is 12.5. The number of aryl methyl sites for hydroxylation is 1. The zero-order chi connectivity index (χ0) is 24.1. The summed E-state index contributed by atoms with van der Waals surface area (Å²) in [6.07, 6.45) is 5.01. The molecular weight excluding hydrogens is 635 g/mol. The minimum atomic E-state index is 0. The maximum absolute atomic E-state index is 6.66. The van der Waals surface area contributed by atoms with Gasteiger partial charge in [-0.15, -0.1) is 35.9 Å². The first-order chi connectivity index (χ1) is 17.8. The molecule has 37 heavy (non-hydrogen) atoms. The standard InChI is InChI=1S/C33H24NO2.Ir/c1-2-3-13-25-30-23-14-7-9-16-27(23)36-33(30)29(31-24-15-8-10-17-28(24)35-32(25)31)22-18-19-34-26(20-22)21-11-5-4-6-12-21;/h4-11,14-20H,2-3,13H2,1H3;/q-1;. The first kappa shape index (κ1) is 23.7. The summed E-state index contributed by atoms with van der Waals surface area (Å²) in [7, 11) is 0. The monoisotopic (exact) mass is 659 g/mol. The van der Waals surface area contributed by atoms with Gasteiger partial charge in [-0.05, 0) is 42.3 Å². The van der Waals surface area contributed by atoms with Gasteiger partial charge < -0.3 is 13.8 Å². The van der Waals surface area contributed by atoms with Gasteiger partial charge in [-0.1, -0.05) is 55.8 Å². The van der Waals surface area contributed by atoms with Crippen molar-refractivity contribution in [3.8, 4) is 22.4 Å². The van der Waals surface area contributed by atoms with E-state index in [1.165, 1.54) is 5.56 Å². The molecule has 3 heterocycles. The van der Waals surface area contributed by atoms with Crippen LogP contribution >= 0.6 is 0 Å². The summed E-state index contributed by atoms with van der Waals surface area (Å²) in [5.41, 5.74) is 8.86. The largest absolute Gasteiger partial charge is 0.456 e. The molecule has 0 N–H and O–H groups in total. The van der Waals surface area contributed by atoms with E-state index in [4.69, 9.17) is 8.83 Å². The first-order valence-electron chi connectivity index (χ1n) is 12.5. The second-order valence-corrected chi connectivity index (χ2v) is 9.27. The Morgan fingerprint density at radius 2 is 1.49 bits per heavy atom. The van der Waals surface area contributed by atoms with Gasteiger partial charge in [0.25, 0.3) is 0 Å². The number of para-hydroxylation sites is 2.